The van der Waals surface area contributed by atoms with E-state index in [1.165, 1.54) is 25.7 Å². The highest BCUT2D eigenvalue weighted by molar-refractivity contribution is 5.12. The average molecular weight is 405 g/mol. The van der Waals surface area contributed by atoms with Gasteiger partial charge in [-0.1, -0.05) is 12.2 Å². The fraction of sp³-hybridized carbons (Fsp3) is 0.923. The molecule has 1 heterocycles. The van der Waals surface area contributed by atoms with Gasteiger partial charge in [-0.25, -0.2) is 0 Å². The number of allylic oxidation sites excluding steroid dienone is 2. The molecule has 1 saturated heterocycles. The van der Waals surface area contributed by atoms with E-state index in [0.29, 0.717) is 0 Å². The van der Waals surface area contributed by atoms with Crippen molar-refractivity contribution in [3.8, 4) is 0 Å². The molecule has 29 heavy (non-hydrogen) atoms. The summed E-state index contributed by atoms with van der Waals surface area (Å²) in [6.07, 6.45) is 18.5. The van der Waals surface area contributed by atoms with Gasteiger partial charge in [0.25, 0.3) is 0 Å². The molecule has 10 atom stereocenters. The lowest BCUT2D eigenvalue weighted by atomic mass is 9.81. The third-order valence-electron chi connectivity index (χ3n) is 9.17. The van der Waals surface area contributed by atoms with Gasteiger partial charge in [0.05, 0.1) is 12.2 Å². The number of epoxide rings is 1. The van der Waals surface area contributed by atoms with Crippen LogP contribution in [0.4, 0.5) is 0 Å². The van der Waals surface area contributed by atoms with E-state index in [2.05, 4.69) is 21.6 Å². The van der Waals surface area contributed by atoms with Gasteiger partial charge < -0.3 is 14.2 Å². The van der Waals surface area contributed by atoms with Crippen molar-refractivity contribution in [3.05, 3.63) is 12.2 Å². The predicted molar refractivity (Wildman–Crippen MR) is 118 cm³/mol. The maximum absolute atomic E-state index is 5.62. The maximum Gasteiger partial charge on any atom is 0.0875 e. The van der Waals surface area contributed by atoms with Crippen LogP contribution in [0.5, 0.6) is 0 Å². The molecule has 0 N–H and O–H groups in total. The molecule has 6 aliphatic carbocycles. The molecular weight excluding hydrogens is 360 g/mol. The molecule has 0 aromatic rings. The minimum atomic E-state index is 0.730. The second kappa shape index (κ2) is 9.83. The van der Waals surface area contributed by atoms with Crippen molar-refractivity contribution in [1.82, 2.24) is 0 Å². The van der Waals surface area contributed by atoms with Crippen LogP contribution in [0.3, 0.4) is 0 Å². The molecule has 4 bridgehead atoms. The van der Waals surface area contributed by atoms with Gasteiger partial charge in [0.2, 0.25) is 0 Å². The van der Waals surface area contributed by atoms with Gasteiger partial charge in [-0.2, -0.15) is 0 Å². The molecule has 0 aromatic heterocycles. The van der Waals surface area contributed by atoms with Crippen LogP contribution in [0.2, 0.25) is 0 Å². The number of hydrogen-bond acceptors (Lipinski definition) is 3. The topological polar surface area (TPSA) is 31.0 Å². The fourth-order valence-electron chi connectivity index (χ4n) is 7.77. The summed E-state index contributed by atoms with van der Waals surface area (Å²) >= 11 is 0. The Morgan fingerprint density at radius 1 is 0.793 bits per heavy atom. The Hall–Kier alpha value is -0.380. The number of ether oxygens (including phenoxy) is 3. The van der Waals surface area contributed by atoms with Gasteiger partial charge in [-0.3, -0.25) is 0 Å². The molecule has 10 unspecified atom stereocenters. The van der Waals surface area contributed by atoms with Crippen LogP contribution in [0.25, 0.3) is 0 Å². The minimum Gasteiger partial charge on any atom is -0.385 e. The van der Waals surface area contributed by atoms with Crippen molar-refractivity contribution in [3.63, 3.8) is 0 Å². The van der Waals surface area contributed by atoms with Crippen molar-refractivity contribution in [1.29, 1.82) is 0 Å². The van der Waals surface area contributed by atoms with Crippen LogP contribution in [-0.4, -0.2) is 39.6 Å². The zero-order valence-corrected chi connectivity index (χ0v) is 19.2. The van der Waals surface area contributed by atoms with Crippen molar-refractivity contribution in [2.75, 3.05) is 27.4 Å². The van der Waals surface area contributed by atoms with E-state index in [-0.39, 0.29) is 0 Å². The van der Waals surface area contributed by atoms with Crippen LogP contribution in [0.1, 0.15) is 65.2 Å². The summed E-state index contributed by atoms with van der Waals surface area (Å²) in [5.41, 5.74) is 0. The molecule has 0 spiro atoms. The summed E-state index contributed by atoms with van der Waals surface area (Å²) in [5, 5.41) is 0. The van der Waals surface area contributed by atoms with Gasteiger partial charge in [-0.05, 0) is 113 Å². The highest BCUT2D eigenvalue weighted by Gasteiger charge is 2.64. The lowest BCUT2D eigenvalue weighted by Gasteiger charge is -2.25. The zero-order chi connectivity index (χ0) is 20.4. The smallest absolute Gasteiger partial charge is 0.0875 e. The lowest BCUT2D eigenvalue weighted by molar-refractivity contribution is 0.147. The first kappa shape index (κ1) is 21.8. The van der Waals surface area contributed by atoms with E-state index in [4.69, 9.17) is 4.74 Å². The molecule has 5 saturated carbocycles. The van der Waals surface area contributed by atoms with E-state index in [1.807, 2.05) is 13.8 Å². The van der Waals surface area contributed by atoms with Crippen LogP contribution in [0.15, 0.2) is 12.2 Å². The SMILES string of the molecule is C1=CC2C3CCC(C3)C2C1.C1CC2CC1C1CC3OC3C21.CCOC.CCOC. The van der Waals surface area contributed by atoms with Crippen LogP contribution in [-0.2, 0) is 14.2 Å². The summed E-state index contributed by atoms with van der Waals surface area (Å²) in [4.78, 5) is 0. The Labute approximate surface area is 178 Å². The summed E-state index contributed by atoms with van der Waals surface area (Å²) in [7, 11) is 3.36. The summed E-state index contributed by atoms with van der Waals surface area (Å²) in [5.74, 6) is 8.70. The second-order valence-corrected chi connectivity index (χ2v) is 10.3. The molecule has 0 aromatic carbocycles. The van der Waals surface area contributed by atoms with E-state index in [1.54, 1.807) is 39.9 Å². The summed E-state index contributed by atoms with van der Waals surface area (Å²) in [6.45, 7) is 5.56. The standard InChI is InChI=1S/C10H14O.C10H14.2C3H8O/c1-2-6-3-5(1)7-4-8-10(11-8)9(6)7;1-2-9-7-4-5-8(6-7)10(9)3-1;2*1-3-4-2/h5-10H,1-4H2;1-2,7-10H,3-6H2;2*3H2,1-2H3. The van der Waals surface area contributed by atoms with Crippen molar-refractivity contribution in [2.24, 2.45) is 47.3 Å². The average Bonchev–Trinajstić information content (AvgIpc) is 3.43. The Morgan fingerprint density at radius 3 is 2.00 bits per heavy atom. The van der Waals surface area contributed by atoms with E-state index < -0.39 is 0 Å². The van der Waals surface area contributed by atoms with Gasteiger partial charge in [0, 0.05) is 27.4 Å². The molecule has 7 aliphatic rings. The van der Waals surface area contributed by atoms with Gasteiger partial charge >= 0.3 is 0 Å². The maximum atomic E-state index is 5.62. The third kappa shape index (κ3) is 4.48. The Morgan fingerprint density at radius 2 is 1.38 bits per heavy atom. The molecule has 3 heteroatoms. The molecular formula is C26H44O3. The van der Waals surface area contributed by atoms with E-state index in [9.17, 15) is 0 Å². The largest absolute Gasteiger partial charge is 0.385 e. The quantitative estimate of drug-likeness (QED) is 0.435. The molecule has 166 valence electrons. The monoisotopic (exact) mass is 404 g/mol. The third-order valence-corrected chi connectivity index (χ3v) is 9.17. The fourth-order valence-corrected chi connectivity index (χ4v) is 7.77. The molecule has 1 aliphatic heterocycles. The van der Waals surface area contributed by atoms with Gasteiger partial charge in [0.15, 0.2) is 0 Å². The first-order chi connectivity index (χ1) is 14.2. The molecule has 0 radical (unpaired) electrons. The van der Waals surface area contributed by atoms with Crippen LogP contribution in [0, 0.1) is 47.3 Å². The number of hydrogen-bond donors (Lipinski definition) is 0. The van der Waals surface area contributed by atoms with Crippen molar-refractivity contribution >= 4 is 0 Å². The predicted octanol–water partition coefficient (Wildman–Crippen LogP) is 5.73. The Balaban J connectivity index is 0.000000106. The highest BCUT2D eigenvalue weighted by Crippen LogP contribution is 2.64. The Kier molecular flexibility index (Phi) is 7.40. The normalized spacial score (nSPS) is 47.9. The summed E-state index contributed by atoms with van der Waals surface area (Å²) in [6, 6.07) is 0. The Bertz CT molecular complexity index is 538. The van der Waals surface area contributed by atoms with Crippen LogP contribution >= 0.6 is 0 Å². The second-order valence-electron chi connectivity index (χ2n) is 10.3. The van der Waals surface area contributed by atoms with Crippen molar-refractivity contribution < 1.29 is 14.2 Å². The van der Waals surface area contributed by atoms with E-state index >= 15 is 0 Å². The van der Waals surface area contributed by atoms with Gasteiger partial charge in [0.1, 0.15) is 0 Å². The van der Waals surface area contributed by atoms with Crippen LogP contribution < -0.4 is 0 Å². The van der Waals surface area contributed by atoms with Crippen molar-refractivity contribution in [2.45, 2.75) is 77.4 Å². The first-order valence-corrected chi connectivity index (χ1v) is 12.5. The molecule has 6 fully saturated rings. The van der Waals surface area contributed by atoms with E-state index in [0.717, 1.165) is 72.8 Å². The lowest BCUT2D eigenvalue weighted by Crippen LogP contribution is -2.22. The zero-order valence-electron chi connectivity index (χ0n) is 19.2. The minimum absolute atomic E-state index is 0.730. The van der Waals surface area contributed by atoms with Gasteiger partial charge in [-0.15, -0.1) is 0 Å². The number of rotatable bonds is 2. The number of methoxy groups -OCH3 is 2. The first-order valence-electron chi connectivity index (χ1n) is 12.5. The molecule has 7 rings (SSSR count). The molecule has 0 amide bonds. The highest BCUT2D eigenvalue weighted by atomic mass is 16.6. The molecule has 3 nitrogen and oxygen atoms in total. The number of fused-ring (bicyclic) bond motifs is 12. The summed E-state index contributed by atoms with van der Waals surface area (Å²) < 4.78 is 14.7.